The van der Waals surface area contributed by atoms with Crippen molar-refractivity contribution in [3.63, 3.8) is 0 Å². The Hall–Kier alpha value is -1.90. The van der Waals surface area contributed by atoms with Crippen molar-refractivity contribution in [2.45, 2.75) is 18.8 Å². The van der Waals surface area contributed by atoms with Gasteiger partial charge >= 0.3 is 0 Å². The third-order valence-corrected chi connectivity index (χ3v) is 4.98. The van der Waals surface area contributed by atoms with E-state index in [0.717, 1.165) is 37.3 Å². The van der Waals surface area contributed by atoms with Crippen molar-refractivity contribution in [2.75, 3.05) is 33.8 Å². The average molecular weight is 501 g/mol. The topological polar surface area (TPSA) is 36.9 Å². The van der Waals surface area contributed by atoms with E-state index in [1.54, 1.807) is 14.2 Å². The van der Waals surface area contributed by atoms with E-state index < -0.39 is 11.6 Å². The van der Waals surface area contributed by atoms with Gasteiger partial charge in [-0.05, 0) is 42.2 Å². The summed E-state index contributed by atoms with van der Waals surface area (Å²) in [5, 5.41) is 3.29. The van der Waals surface area contributed by atoms with Gasteiger partial charge in [-0.1, -0.05) is 18.2 Å². The number of hydrogen-bond donors (Lipinski definition) is 1. The van der Waals surface area contributed by atoms with E-state index in [9.17, 15) is 8.78 Å². The quantitative estimate of drug-likeness (QED) is 0.379. The van der Waals surface area contributed by atoms with Crippen molar-refractivity contribution in [3.8, 4) is 5.75 Å². The number of ether oxygens (including phenoxy) is 1. The highest BCUT2D eigenvalue weighted by molar-refractivity contribution is 14.0. The summed E-state index contributed by atoms with van der Waals surface area (Å²) in [6.45, 7) is 2.34. The lowest BCUT2D eigenvalue weighted by Crippen LogP contribution is -2.40. The van der Waals surface area contributed by atoms with Gasteiger partial charge < -0.3 is 15.0 Å². The SMILES string of the molecule is CN=C(NCCc1ccc(F)cc1F)N1CCC(c2ccc(OC)cc2)C1.I. The average Bonchev–Trinajstić information content (AvgIpc) is 3.17. The van der Waals surface area contributed by atoms with Gasteiger partial charge in [0, 0.05) is 38.7 Å². The zero-order valence-corrected chi connectivity index (χ0v) is 18.5. The molecule has 0 saturated carbocycles. The fourth-order valence-corrected chi connectivity index (χ4v) is 3.47. The summed E-state index contributed by atoms with van der Waals surface area (Å²) in [4.78, 5) is 6.57. The van der Waals surface area contributed by atoms with Gasteiger partial charge in [0.05, 0.1) is 7.11 Å². The summed E-state index contributed by atoms with van der Waals surface area (Å²) >= 11 is 0. The number of rotatable bonds is 5. The van der Waals surface area contributed by atoms with Gasteiger partial charge in [0.2, 0.25) is 0 Å². The Morgan fingerprint density at radius 3 is 2.61 bits per heavy atom. The molecule has 1 heterocycles. The first kappa shape index (κ1) is 22.4. The third-order valence-electron chi connectivity index (χ3n) is 4.98. The van der Waals surface area contributed by atoms with Gasteiger partial charge in [0.1, 0.15) is 17.4 Å². The number of benzene rings is 2. The van der Waals surface area contributed by atoms with Crippen LogP contribution < -0.4 is 10.1 Å². The van der Waals surface area contributed by atoms with E-state index in [1.165, 1.54) is 17.7 Å². The van der Waals surface area contributed by atoms with Crippen LogP contribution in [0, 0.1) is 11.6 Å². The van der Waals surface area contributed by atoms with E-state index >= 15 is 0 Å². The van der Waals surface area contributed by atoms with E-state index in [4.69, 9.17) is 4.74 Å². The zero-order valence-electron chi connectivity index (χ0n) is 16.1. The molecule has 2 aromatic rings. The molecule has 1 N–H and O–H groups in total. The summed E-state index contributed by atoms with van der Waals surface area (Å²) in [6, 6.07) is 11.9. The Kier molecular flexibility index (Phi) is 8.47. The number of hydrogen-bond acceptors (Lipinski definition) is 2. The summed E-state index contributed by atoms with van der Waals surface area (Å²) in [5.41, 5.74) is 1.79. The molecular formula is C21H26F2IN3O. The molecule has 0 bridgehead atoms. The third kappa shape index (κ3) is 5.56. The summed E-state index contributed by atoms with van der Waals surface area (Å²) in [6.07, 6.45) is 1.53. The summed E-state index contributed by atoms with van der Waals surface area (Å²) in [7, 11) is 3.42. The van der Waals surface area contributed by atoms with Crippen LogP contribution >= 0.6 is 24.0 Å². The van der Waals surface area contributed by atoms with E-state index in [0.29, 0.717) is 24.4 Å². The normalized spacial score (nSPS) is 16.6. The van der Waals surface area contributed by atoms with Crippen molar-refractivity contribution in [3.05, 3.63) is 65.2 Å². The molecule has 0 radical (unpaired) electrons. The second-order valence-electron chi connectivity index (χ2n) is 6.66. The molecule has 28 heavy (non-hydrogen) atoms. The second kappa shape index (κ2) is 10.6. The predicted molar refractivity (Wildman–Crippen MR) is 119 cm³/mol. The molecule has 7 heteroatoms. The fraction of sp³-hybridized carbons (Fsp3) is 0.381. The number of likely N-dealkylation sites (tertiary alicyclic amines) is 1. The lowest BCUT2D eigenvalue weighted by Gasteiger charge is -2.22. The molecule has 0 amide bonds. The minimum atomic E-state index is -0.554. The highest BCUT2D eigenvalue weighted by atomic mass is 127. The first-order valence-corrected chi connectivity index (χ1v) is 9.14. The molecule has 1 aliphatic heterocycles. The Balaban J connectivity index is 0.00000280. The van der Waals surface area contributed by atoms with Crippen molar-refractivity contribution >= 4 is 29.9 Å². The predicted octanol–water partition coefficient (Wildman–Crippen LogP) is 4.20. The minimum absolute atomic E-state index is 0. The van der Waals surface area contributed by atoms with Crippen LogP contribution in [0.15, 0.2) is 47.5 Å². The molecule has 1 atom stereocenters. The molecule has 1 saturated heterocycles. The zero-order chi connectivity index (χ0) is 19.2. The van der Waals surface area contributed by atoms with Crippen molar-refractivity contribution in [1.29, 1.82) is 0 Å². The maximum Gasteiger partial charge on any atom is 0.193 e. The number of aliphatic imine (C=N–C) groups is 1. The molecule has 3 rings (SSSR count). The van der Waals surface area contributed by atoms with Gasteiger partial charge in [0.25, 0.3) is 0 Å². The Morgan fingerprint density at radius 2 is 1.96 bits per heavy atom. The Bertz CT molecular complexity index is 799. The molecule has 4 nitrogen and oxygen atoms in total. The number of nitrogens with one attached hydrogen (secondary N) is 1. The molecule has 1 aliphatic rings. The molecule has 0 spiro atoms. The van der Waals surface area contributed by atoms with Crippen LogP contribution in [0.25, 0.3) is 0 Å². The Morgan fingerprint density at radius 1 is 1.21 bits per heavy atom. The second-order valence-corrected chi connectivity index (χ2v) is 6.66. The maximum atomic E-state index is 13.7. The van der Waals surface area contributed by atoms with Crippen LogP contribution in [0.1, 0.15) is 23.5 Å². The summed E-state index contributed by atoms with van der Waals surface area (Å²) in [5.74, 6) is 1.06. The number of halogens is 3. The lowest BCUT2D eigenvalue weighted by atomic mass is 9.98. The number of nitrogens with zero attached hydrogens (tertiary/aromatic N) is 2. The smallest absolute Gasteiger partial charge is 0.193 e. The largest absolute Gasteiger partial charge is 0.497 e. The van der Waals surface area contributed by atoms with Crippen molar-refractivity contribution in [2.24, 2.45) is 4.99 Å². The van der Waals surface area contributed by atoms with E-state index in [2.05, 4.69) is 27.3 Å². The first-order valence-electron chi connectivity index (χ1n) is 9.14. The van der Waals surface area contributed by atoms with E-state index in [1.807, 2.05) is 12.1 Å². The summed E-state index contributed by atoms with van der Waals surface area (Å²) < 4.78 is 31.9. The monoisotopic (exact) mass is 501 g/mol. The number of methoxy groups -OCH3 is 1. The van der Waals surface area contributed by atoms with Crippen LogP contribution in [-0.4, -0.2) is 44.7 Å². The highest BCUT2D eigenvalue weighted by Crippen LogP contribution is 2.28. The van der Waals surface area contributed by atoms with Crippen LogP contribution in [-0.2, 0) is 6.42 Å². The molecule has 0 aliphatic carbocycles. The standard InChI is InChI=1S/C21H25F2N3O.HI/c1-24-21(25-11-9-16-3-6-18(22)13-20(16)23)26-12-10-17(14-26)15-4-7-19(27-2)8-5-15;/h3-8,13,17H,9-12,14H2,1-2H3,(H,24,25);1H. The Labute approximate surface area is 182 Å². The molecule has 2 aromatic carbocycles. The van der Waals surface area contributed by atoms with Crippen LogP contribution in [0.2, 0.25) is 0 Å². The minimum Gasteiger partial charge on any atom is -0.497 e. The van der Waals surface area contributed by atoms with Gasteiger partial charge in [-0.3, -0.25) is 4.99 Å². The van der Waals surface area contributed by atoms with Crippen LogP contribution in [0.4, 0.5) is 8.78 Å². The molecule has 1 unspecified atom stereocenters. The molecule has 0 aromatic heterocycles. The van der Waals surface area contributed by atoms with Gasteiger partial charge in [-0.15, -0.1) is 24.0 Å². The van der Waals surface area contributed by atoms with Crippen LogP contribution in [0.3, 0.4) is 0 Å². The van der Waals surface area contributed by atoms with Crippen molar-refractivity contribution < 1.29 is 13.5 Å². The lowest BCUT2D eigenvalue weighted by molar-refractivity contribution is 0.414. The van der Waals surface area contributed by atoms with Crippen molar-refractivity contribution in [1.82, 2.24) is 10.2 Å². The maximum absolute atomic E-state index is 13.7. The highest BCUT2D eigenvalue weighted by Gasteiger charge is 2.26. The van der Waals surface area contributed by atoms with Crippen LogP contribution in [0.5, 0.6) is 5.75 Å². The van der Waals surface area contributed by atoms with Gasteiger partial charge in [-0.2, -0.15) is 0 Å². The molecule has 1 fully saturated rings. The van der Waals surface area contributed by atoms with E-state index in [-0.39, 0.29) is 24.0 Å². The van der Waals surface area contributed by atoms with Gasteiger partial charge in [0.15, 0.2) is 5.96 Å². The number of guanidine groups is 1. The first-order chi connectivity index (χ1) is 13.1. The van der Waals surface area contributed by atoms with Gasteiger partial charge in [-0.25, -0.2) is 8.78 Å². The molecular weight excluding hydrogens is 475 g/mol. The fourth-order valence-electron chi connectivity index (χ4n) is 3.47. The molecule has 152 valence electrons.